The summed E-state index contributed by atoms with van der Waals surface area (Å²) in [5.41, 5.74) is 2.29. The number of carboxylic acids is 1. The van der Waals surface area contributed by atoms with Crippen LogP contribution in [-0.4, -0.2) is 48.1 Å². The zero-order valence-electron chi connectivity index (χ0n) is 17.0. The molecule has 0 radical (unpaired) electrons. The molecule has 0 spiro atoms. The third-order valence-corrected chi connectivity index (χ3v) is 4.56. The average molecular weight is 397 g/mol. The van der Waals surface area contributed by atoms with Crippen LogP contribution in [0.1, 0.15) is 19.4 Å². The van der Waals surface area contributed by atoms with Gasteiger partial charge in [0.2, 0.25) is 5.91 Å². The molecule has 0 aliphatic carbocycles. The van der Waals surface area contributed by atoms with Crippen molar-refractivity contribution in [2.75, 3.05) is 30.4 Å². The van der Waals surface area contributed by atoms with E-state index in [1.165, 1.54) is 4.90 Å². The van der Waals surface area contributed by atoms with Crippen LogP contribution >= 0.6 is 0 Å². The second-order valence-corrected chi connectivity index (χ2v) is 6.90. The molecule has 2 aromatic rings. The molecule has 0 saturated heterocycles. The summed E-state index contributed by atoms with van der Waals surface area (Å²) in [6.45, 7) is 4.18. The Labute approximate surface area is 170 Å². The number of rotatable bonds is 8. The first-order valence-electron chi connectivity index (χ1n) is 9.51. The molecule has 3 amide bonds. The highest BCUT2D eigenvalue weighted by atomic mass is 16.4. The van der Waals surface area contributed by atoms with E-state index in [1.54, 1.807) is 43.1 Å². The van der Waals surface area contributed by atoms with Gasteiger partial charge in [0.15, 0.2) is 0 Å². The zero-order chi connectivity index (χ0) is 21.4. The SMILES string of the molecule is CCN(C(=O)Cc1ccc(NC(=O)N(C)CC(C)C(=O)O)cc1)c1ccccc1. The Hall–Kier alpha value is -3.35. The second kappa shape index (κ2) is 10.3. The van der Waals surface area contributed by atoms with Gasteiger partial charge < -0.3 is 20.2 Å². The Balaban J connectivity index is 1.95. The molecule has 0 bridgehead atoms. The normalized spacial score (nSPS) is 11.4. The fourth-order valence-corrected chi connectivity index (χ4v) is 2.88. The van der Waals surface area contributed by atoms with Crippen LogP contribution in [0.3, 0.4) is 0 Å². The molecule has 2 N–H and O–H groups in total. The Morgan fingerprint density at radius 2 is 1.66 bits per heavy atom. The van der Waals surface area contributed by atoms with Crippen molar-refractivity contribution in [2.45, 2.75) is 20.3 Å². The molecule has 0 saturated carbocycles. The minimum Gasteiger partial charge on any atom is -0.481 e. The molecule has 154 valence electrons. The molecule has 0 aliphatic heterocycles. The van der Waals surface area contributed by atoms with Gasteiger partial charge in [-0.25, -0.2) is 4.79 Å². The number of carbonyl (C=O) groups is 3. The maximum atomic E-state index is 12.7. The van der Waals surface area contributed by atoms with Gasteiger partial charge in [-0.2, -0.15) is 0 Å². The van der Waals surface area contributed by atoms with E-state index in [1.807, 2.05) is 37.3 Å². The van der Waals surface area contributed by atoms with Gasteiger partial charge in [0, 0.05) is 31.5 Å². The van der Waals surface area contributed by atoms with Crippen molar-refractivity contribution in [3.05, 3.63) is 60.2 Å². The largest absolute Gasteiger partial charge is 0.481 e. The van der Waals surface area contributed by atoms with E-state index >= 15 is 0 Å². The van der Waals surface area contributed by atoms with E-state index in [0.717, 1.165) is 11.3 Å². The minimum absolute atomic E-state index is 0.00197. The summed E-state index contributed by atoms with van der Waals surface area (Å²) in [7, 11) is 1.55. The molecule has 7 nitrogen and oxygen atoms in total. The summed E-state index contributed by atoms with van der Waals surface area (Å²) in [6, 6.07) is 16.2. The van der Waals surface area contributed by atoms with Crippen LogP contribution in [0, 0.1) is 5.92 Å². The number of benzene rings is 2. The highest BCUT2D eigenvalue weighted by Gasteiger charge is 2.18. The Kier molecular flexibility index (Phi) is 7.77. The number of likely N-dealkylation sites (N-methyl/N-ethyl adjacent to an activating group) is 1. The number of anilines is 2. The Bertz CT molecular complexity index is 837. The second-order valence-electron chi connectivity index (χ2n) is 6.90. The molecule has 0 aliphatic rings. The summed E-state index contributed by atoms with van der Waals surface area (Å²) >= 11 is 0. The molecular formula is C22H27N3O4. The fraction of sp³-hybridized carbons (Fsp3) is 0.318. The molecule has 2 rings (SSSR count). The Morgan fingerprint density at radius 1 is 1.03 bits per heavy atom. The first kappa shape index (κ1) is 21.9. The van der Waals surface area contributed by atoms with Crippen LogP contribution in [0.15, 0.2) is 54.6 Å². The third-order valence-electron chi connectivity index (χ3n) is 4.56. The standard InChI is InChI=1S/C22H27N3O4/c1-4-25(19-8-6-5-7-9-19)20(26)14-17-10-12-18(13-11-17)23-22(29)24(3)15-16(2)21(27)28/h5-13,16H,4,14-15H2,1-3H3,(H,23,29)(H,27,28). The smallest absolute Gasteiger partial charge is 0.321 e. The van der Waals surface area contributed by atoms with Crippen LogP contribution in [0.5, 0.6) is 0 Å². The van der Waals surface area contributed by atoms with Crippen LogP contribution in [-0.2, 0) is 16.0 Å². The zero-order valence-corrected chi connectivity index (χ0v) is 17.0. The van der Waals surface area contributed by atoms with Crippen molar-refractivity contribution in [3.63, 3.8) is 0 Å². The van der Waals surface area contributed by atoms with Crippen molar-refractivity contribution in [2.24, 2.45) is 5.92 Å². The first-order valence-corrected chi connectivity index (χ1v) is 9.51. The van der Waals surface area contributed by atoms with Crippen molar-refractivity contribution < 1.29 is 19.5 Å². The number of aliphatic carboxylic acids is 1. The van der Waals surface area contributed by atoms with E-state index in [4.69, 9.17) is 5.11 Å². The van der Waals surface area contributed by atoms with E-state index < -0.39 is 11.9 Å². The molecule has 29 heavy (non-hydrogen) atoms. The van der Waals surface area contributed by atoms with Crippen LogP contribution in [0.4, 0.5) is 16.2 Å². The predicted octanol–water partition coefficient (Wildman–Crippen LogP) is 3.47. The fourth-order valence-electron chi connectivity index (χ4n) is 2.88. The van der Waals surface area contributed by atoms with Crippen LogP contribution < -0.4 is 10.2 Å². The number of urea groups is 1. The van der Waals surface area contributed by atoms with Crippen molar-refractivity contribution in [1.29, 1.82) is 0 Å². The van der Waals surface area contributed by atoms with Gasteiger partial charge in [0.1, 0.15) is 0 Å². The first-order chi connectivity index (χ1) is 13.8. The number of carboxylic acid groups (broad SMARTS) is 1. The lowest BCUT2D eigenvalue weighted by molar-refractivity contribution is -0.141. The van der Waals surface area contributed by atoms with Gasteiger partial charge in [0.25, 0.3) is 0 Å². The molecular weight excluding hydrogens is 370 g/mol. The molecule has 7 heteroatoms. The van der Waals surface area contributed by atoms with E-state index in [-0.39, 0.29) is 24.9 Å². The summed E-state index contributed by atoms with van der Waals surface area (Å²) < 4.78 is 0. The highest BCUT2D eigenvalue weighted by Crippen LogP contribution is 2.16. The topological polar surface area (TPSA) is 90.0 Å². The lowest BCUT2D eigenvalue weighted by atomic mass is 10.1. The molecule has 1 unspecified atom stereocenters. The number of nitrogens with zero attached hydrogens (tertiary/aromatic N) is 2. The number of nitrogens with one attached hydrogen (secondary N) is 1. The van der Waals surface area contributed by atoms with E-state index in [2.05, 4.69) is 5.32 Å². The number of carbonyl (C=O) groups excluding carboxylic acids is 2. The van der Waals surface area contributed by atoms with Crippen LogP contribution in [0.25, 0.3) is 0 Å². The number of hydrogen-bond acceptors (Lipinski definition) is 3. The Morgan fingerprint density at radius 3 is 2.21 bits per heavy atom. The maximum absolute atomic E-state index is 12.7. The van der Waals surface area contributed by atoms with E-state index in [9.17, 15) is 14.4 Å². The van der Waals surface area contributed by atoms with Gasteiger partial charge in [0.05, 0.1) is 12.3 Å². The molecule has 0 aromatic heterocycles. The lowest BCUT2D eigenvalue weighted by Crippen LogP contribution is -2.36. The van der Waals surface area contributed by atoms with Gasteiger partial charge in [-0.05, 0) is 36.8 Å². The lowest BCUT2D eigenvalue weighted by Gasteiger charge is -2.21. The highest BCUT2D eigenvalue weighted by molar-refractivity contribution is 5.95. The number of amides is 3. The van der Waals surface area contributed by atoms with Crippen molar-refractivity contribution in [3.8, 4) is 0 Å². The molecule has 2 aromatic carbocycles. The quantitative estimate of drug-likeness (QED) is 0.714. The molecule has 0 heterocycles. The number of hydrogen-bond donors (Lipinski definition) is 2. The van der Waals surface area contributed by atoms with Gasteiger partial charge in [-0.15, -0.1) is 0 Å². The monoisotopic (exact) mass is 397 g/mol. The maximum Gasteiger partial charge on any atom is 0.321 e. The average Bonchev–Trinajstić information content (AvgIpc) is 2.70. The summed E-state index contributed by atoms with van der Waals surface area (Å²) in [6.07, 6.45) is 0.257. The summed E-state index contributed by atoms with van der Waals surface area (Å²) in [5, 5.41) is 11.7. The molecule has 0 fully saturated rings. The number of para-hydroxylation sites is 1. The van der Waals surface area contributed by atoms with E-state index in [0.29, 0.717) is 12.2 Å². The minimum atomic E-state index is -0.949. The molecule has 1 atom stereocenters. The van der Waals surface area contributed by atoms with Gasteiger partial charge >= 0.3 is 12.0 Å². The van der Waals surface area contributed by atoms with Gasteiger partial charge in [-0.3, -0.25) is 9.59 Å². The van der Waals surface area contributed by atoms with Crippen LogP contribution in [0.2, 0.25) is 0 Å². The third kappa shape index (κ3) is 6.34. The van der Waals surface area contributed by atoms with Crippen molar-refractivity contribution >= 4 is 29.3 Å². The van der Waals surface area contributed by atoms with Gasteiger partial charge in [-0.1, -0.05) is 37.3 Å². The summed E-state index contributed by atoms with van der Waals surface area (Å²) in [5.74, 6) is -1.60. The summed E-state index contributed by atoms with van der Waals surface area (Å²) in [4.78, 5) is 38.8. The predicted molar refractivity (Wildman–Crippen MR) is 113 cm³/mol. The van der Waals surface area contributed by atoms with Crippen molar-refractivity contribution in [1.82, 2.24) is 4.90 Å².